The molecule has 3 amide bonds. The first-order valence-electron chi connectivity index (χ1n) is 7.37. The fraction of sp³-hybridized carbons (Fsp3) is 0.438. The van der Waals surface area contributed by atoms with Gasteiger partial charge in [-0.1, -0.05) is 12.1 Å². The summed E-state index contributed by atoms with van der Waals surface area (Å²) < 4.78 is 10.1. The molecule has 126 valence electrons. The number of carbonyl (C=O) groups excluding carboxylic acids is 3. The number of carbonyl (C=O) groups is 3. The van der Waals surface area contributed by atoms with Gasteiger partial charge in [0, 0.05) is 13.0 Å². The van der Waals surface area contributed by atoms with Gasteiger partial charge in [0.05, 0.1) is 7.11 Å². The maximum Gasteiger partial charge on any atom is 0.321 e. The van der Waals surface area contributed by atoms with Gasteiger partial charge in [-0.05, 0) is 38.0 Å². The van der Waals surface area contributed by atoms with Gasteiger partial charge in [0.15, 0.2) is 6.10 Å². The minimum absolute atomic E-state index is 0.144. The predicted octanol–water partition coefficient (Wildman–Crippen LogP) is 1.41. The van der Waals surface area contributed by atoms with Gasteiger partial charge in [0.2, 0.25) is 0 Å². The normalized spacial score (nSPS) is 11.3. The van der Waals surface area contributed by atoms with Crippen LogP contribution in [-0.2, 0) is 20.7 Å². The summed E-state index contributed by atoms with van der Waals surface area (Å²) in [6.45, 7) is 3.54. The number of urea groups is 1. The molecule has 1 atom stereocenters. The van der Waals surface area contributed by atoms with E-state index in [1.807, 2.05) is 24.3 Å². The fourth-order valence-electron chi connectivity index (χ4n) is 1.77. The van der Waals surface area contributed by atoms with Crippen molar-refractivity contribution in [2.75, 3.05) is 13.7 Å². The molecule has 0 aromatic heterocycles. The molecule has 0 aliphatic rings. The van der Waals surface area contributed by atoms with E-state index < -0.39 is 24.0 Å². The van der Waals surface area contributed by atoms with Crippen molar-refractivity contribution in [2.45, 2.75) is 32.8 Å². The van der Waals surface area contributed by atoms with Crippen LogP contribution in [0.4, 0.5) is 4.79 Å². The van der Waals surface area contributed by atoms with Gasteiger partial charge < -0.3 is 14.8 Å². The lowest BCUT2D eigenvalue weighted by Crippen LogP contribution is -2.44. The van der Waals surface area contributed by atoms with Crippen molar-refractivity contribution < 1.29 is 23.9 Å². The van der Waals surface area contributed by atoms with E-state index in [4.69, 9.17) is 9.47 Å². The van der Waals surface area contributed by atoms with E-state index in [9.17, 15) is 14.4 Å². The third kappa shape index (κ3) is 6.82. The molecular weight excluding hydrogens is 300 g/mol. The first-order valence-corrected chi connectivity index (χ1v) is 7.37. The number of nitrogens with one attached hydrogen (secondary N) is 2. The van der Waals surface area contributed by atoms with E-state index in [1.165, 1.54) is 6.92 Å². The van der Waals surface area contributed by atoms with Crippen LogP contribution >= 0.6 is 0 Å². The van der Waals surface area contributed by atoms with Gasteiger partial charge in [0.25, 0.3) is 5.91 Å². The lowest BCUT2D eigenvalue weighted by Gasteiger charge is -2.13. The third-order valence-corrected chi connectivity index (χ3v) is 3.03. The summed E-state index contributed by atoms with van der Waals surface area (Å²) in [6, 6.07) is 6.72. The number of imide groups is 1. The Hall–Kier alpha value is -2.57. The SMILES string of the molecule is CCNC(=O)NC(=O)[C@H](C)OC(=O)CCc1ccc(OC)cc1. The number of amides is 3. The van der Waals surface area contributed by atoms with Crippen LogP contribution in [0.3, 0.4) is 0 Å². The number of ether oxygens (including phenoxy) is 2. The van der Waals surface area contributed by atoms with E-state index in [-0.39, 0.29) is 6.42 Å². The second-order valence-electron chi connectivity index (χ2n) is 4.83. The highest BCUT2D eigenvalue weighted by Gasteiger charge is 2.19. The van der Waals surface area contributed by atoms with Crippen molar-refractivity contribution in [3.05, 3.63) is 29.8 Å². The second-order valence-corrected chi connectivity index (χ2v) is 4.83. The summed E-state index contributed by atoms with van der Waals surface area (Å²) in [5.74, 6) is -0.417. The minimum atomic E-state index is -1.03. The second kappa shape index (κ2) is 9.45. The van der Waals surface area contributed by atoms with E-state index in [2.05, 4.69) is 10.6 Å². The summed E-state index contributed by atoms with van der Waals surface area (Å²) in [6.07, 6.45) is -0.389. The summed E-state index contributed by atoms with van der Waals surface area (Å²) in [7, 11) is 1.58. The van der Waals surface area contributed by atoms with Crippen LogP contribution in [0, 0.1) is 0 Å². The van der Waals surface area contributed by atoms with Crippen molar-refractivity contribution in [3.63, 3.8) is 0 Å². The average Bonchev–Trinajstić information content (AvgIpc) is 2.53. The van der Waals surface area contributed by atoms with E-state index in [0.29, 0.717) is 13.0 Å². The standard InChI is InChI=1S/C16H22N2O5/c1-4-17-16(21)18-15(20)11(2)23-14(19)10-7-12-5-8-13(22-3)9-6-12/h5-6,8-9,11H,4,7,10H2,1-3H3,(H2,17,18,20,21)/t11-/m0/s1. The fourth-order valence-corrected chi connectivity index (χ4v) is 1.77. The molecule has 0 fully saturated rings. The quantitative estimate of drug-likeness (QED) is 0.740. The van der Waals surface area contributed by atoms with Gasteiger partial charge in [-0.2, -0.15) is 0 Å². The number of esters is 1. The lowest BCUT2D eigenvalue weighted by atomic mass is 10.1. The lowest BCUT2D eigenvalue weighted by molar-refractivity contribution is -0.154. The van der Waals surface area contributed by atoms with Crippen LogP contribution < -0.4 is 15.4 Å². The van der Waals surface area contributed by atoms with Crippen LogP contribution in [0.1, 0.15) is 25.8 Å². The highest BCUT2D eigenvalue weighted by molar-refractivity contribution is 5.97. The van der Waals surface area contributed by atoms with Crippen LogP contribution in [0.5, 0.6) is 5.75 Å². The Bertz CT molecular complexity index is 542. The van der Waals surface area contributed by atoms with E-state index in [1.54, 1.807) is 14.0 Å². The largest absolute Gasteiger partial charge is 0.497 e. The monoisotopic (exact) mass is 322 g/mol. The summed E-state index contributed by atoms with van der Waals surface area (Å²) in [5.41, 5.74) is 0.960. The number of aryl methyl sites for hydroxylation is 1. The first-order chi connectivity index (χ1) is 11.0. The topological polar surface area (TPSA) is 93.7 Å². The number of hydrogen-bond donors (Lipinski definition) is 2. The summed E-state index contributed by atoms with van der Waals surface area (Å²) >= 11 is 0. The molecule has 0 radical (unpaired) electrons. The predicted molar refractivity (Wildman–Crippen MR) is 84.1 cm³/mol. The first kappa shape index (κ1) is 18.5. The zero-order valence-corrected chi connectivity index (χ0v) is 13.5. The number of methoxy groups -OCH3 is 1. The van der Waals surface area contributed by atoms with Crippen molar-refractivity contribution in [2.24, 2.45) is 0 Å². The Balaban J connectivity index is 2.37. The molecular formula is C16H22N2O5. The molecule has 0 unspecified atom stereocenters. The zero-order chi connectivity index (χ0) is 17.2. The van der Waals surface area contributed by atoms with Crippen molar-refractivity contribution >= 4 is 17.9 Å². The molecule has 0 spiro atoms. The van der Waals surface area contributed by atoms with Gasteiger partial charge >= 0.3 is 12.0 Å². The Labute approximate surface area is 135 Å². The molecule has 7 heteroatoms. The van der Waals surface area contributed by atoms with Crippen LogP contribution in [0.15, 0.2) is 24.3 Å². The number of rotatable bonds is 7. The highest BCUT2D eigenvalue weighted by atomic mass is 16.5. The third-order valence-electron chi connectivity index (χ3n) is 3.03. The number of hydrogen-bond acceptors (Lipinski definition) is 5. The molecule has 1 aromatic rings. The van der Waals surface area contributed by atoms with E-state index in [0.717, 1.165) is 11.3 Å². The maximum absolute atomic E-state index is 11.7. The van der Waals surface area contributed by atoms with Crippen molar-refractivity contribution in [3.8, 4) is 5.75 Å². The molecule has 7 nitrogen and oxygen atoms in total. The number of benzene rings is 1. The van der Waals surface area contributed by atoms with Crippen molar-refractivity contribution in [1.29, 1.82) is 0 Å². The minimum Gasteiger partial charge on any atom is -0.497 e. The van der Waals surface area contributed by atoms with Gasteiger partial charge in [0.1, 0.15) is 5.75 Å². The zero-order valence-electron chi connectivity index (χ0n) is 13.5. The molecule has 0 heterocycles. The Kier molecular flexibility index (Phi) is 7.59. The van der Waals surface area contributed by atoms with Gasteiger partial charge in [-0.3, -0.25) is 14.9 Å². The Morgan fingerprint density at radius 3 is 2.39 bits per heavy atom. The molecule has 1 rings (SSSR count). The smallest absolute Gasteiger partial charge is 0.321 e. The molecule has 23 heavy (non-hydrogen) atoms. The van der Waals surface area contributed by atoms with Crippen LogP contribution in [0.2, 0.25) is 0 Å². The average molecular weight is 322 g/mol. The summed E-state index contributed by atoms with van der Waals surface area (Å²) in [5, 5.41) is 4.51. The molecule has 0 aliphatic carbocycles. The maximum atomic E-state index is 11.7. The van der Waals surface area contributed by atoms with E-state index >= 15 is 0 Å². The molecule has 0 aliphatic heterocycles. The molecule has 1 aromatic carbocycles. The molecule has 0 saturated carbocycles. The summed E-state index contributed by atoms with van der Waals surface area (Å²) in [4.78, 5) is 34.6. The van der Waals surface area contributed by atoms with Gasteiger partial charge in [-0.15, -0.1) is 0 Å². The highest BCUT2D eigenvalue weighted by Crippen LogP contribution is 2.13. The van der Waals surface area contributed by atoms with Gasteiger partial charge in [-0.25, -0.2) is 4.79 Å². The Morgan fingerprint density at radius 2 is 1.83 bits per heavy atom. The van der Waals surface area contributed by atoms with Crippen LogP contribution in [0.25, 0.3) is 0 Å². The Morgan fingerprint density at radius 1 is 1.17 bits per heavy atom. The molecule has 0 bridgehead atoms. The van der Waals surface area contributed by atoms with Crippen LogP contribution in [-0.4, -0.2) is 37.7 Å². The molecule has 0 saturated heterocycles. The molecule has 2 N–H and O–H groups in total. The van der Waals surface area contributed by atoms with Crippen molar-refractivity contribution in [1.82, 2.24) is 10.6 Å².